The van der Waals surface area contributed by atoms with Crippen molar-refractivity contribution in [3.05, 3.63) is 12.0 Å². The molecule has 1 amide bonds. The summed E-state index contributed by atoms with van der Waals surface area (Å²) in [6.45, 7) is 2.87. The van der Waals surface area contributed by atoms with Crippen LogP contribution in [0.25, 0.3) is 0 Å². The number of imidazole rings is 1. The maximum atomic E-state index is 11.0. The van der Waals surface area contributed by atoms with E-state index in [0.29, 0.717) is 5.69 Å². The molecule has 1 heterocycles. The van der Waals surface area contributed by atoms with Gasteiger partial charge in [-0.2, -0.15) is 0 Å². The van der Waals surface area contributed by atoms with Crippen molar-refractivity contribution in [2.24, 2.45) is 5.73 Å². The van der Waals surface area contributed by atoms with Gasteiger partial charge in [0.15, 0.2) is 11.5 Å². The summed E-state index contributed by atoms with van der Waals surface area (Å²) >= 11 is 0. The van der Waals surface area contributed by atoms with E-state index in [1.807, 2.05) is 0 Å². The third-order valence-electron chi connectivity index (χ3n) is 2.10. The van der Waals surface area contributed by atoms with Crippen LogP contribution in [0, 0.1) is 0 Å². The largest absolute Gasteiger partial charge is 0.382 e. The Kier molecular flexibility index (Phi) is 3.50. The lowest BCUT2D eigenvalue weighted by Crippen LogP contribution is -2.18. The second-order valence-electron chi connectivity index (χ2n) is 3.24. The highest BCUT2D eigenvalue weighted by Crippen LogP contribution is 2.10. The van der Waals surface area contributed by atoms with E-state index in [0.717, 1.165) is 25.8 Å². The Hall–Kier alpha value is -1.52. The zero-order valence-corrected chi connectivity index (χ0v) is 8.36. The van der Waals surface area contributed by atoms with Gasteiger partial charge in [0.25, 0.3) is 5.91 Å². The lowest BCUT2D eigenvalue weighted by atomic mass is 10.2. The van der Waals surface area contributed by atoms with Gasteiger partial charge in [0.1, 0.15) is 0 Å². The molecule has 0 radical (unpaired) electrons. The monoisotopic (exact) mass is 196 g/mol. The summed E-state index contributed by atoms with van der Waals surface area (Å²) in [5.74, 6) is -0.300. The Morgan fingerprint density at radius 1 is 1.57 bits per heavy atom. The van der Waals surface area contributed by atoms with E-state index in [9.17, 15) is 4.79 Å². The number of anilines is 1. The molecular weight excluding hydrogens is 180 g/mol. The molecule has 0 bridgehead atoms. The highest BCUT2D eigenvalue weighted by Gasteiger charge is 2.12. The van der Waals surface area contributed by atoms with Crippen LogP contribution in [0.5, 0.6) is 0 Å². The first kappa shape index (κ1) is 10.6. The number of amides is 1. The van der Waals surface area contributed by atoms with E-state index in [1.165, 1.54) is 0 Å². The predicted molar refractivity (Wildman–Crippen MR) is 54.7 cm³/mol. The van der Waals surface area contributed by atoms with E-state index in [-0.39, 0.29) is 5.82 Å². The standard InChI is InChI=1S/C9H16N4O/c1-2-3-4-5-13-6-12-8(10)7(13)9(11)14/h6H,2-5,10H2,1H3,(H2,11,14). The number of carbonyl (C=O) groups is 1. The quantitative estimate of drug-likeness (QED) is 0.681. The van der Waals surface area contributed by atoms with Gasteiger partial charge in [0.2, 0.25) is 0 Å². The number of primary amides is 1. The third-order valence-corrected chi connectivity index (χ3v) is 2.10. The Morgan fingerprint density at radius 3 is 2.86 bits per heavy atom. The molecule has 0 aliphatic heterocycles. The van der Waals surface area contributed by atoms with Gasteiger partial charge in [-0.25, -0.2) is 4.98 Å². The highest BCUT2D eigenvalue weighted by atomic mass is 16.1. The molecule has 0 saturated heterocycles. The number of carbonyl (C=O) groups excluding carboxylic acids is 1. The molecule has 0 saturated carbocycles. The van der Waals surface area contributed by atoms with Gasteiger partial charge in [-0.3, -0.25) is 4.79 Å². The molecule has 0 aromatic carbocycles. The Balaban J connectivity index is 2.71. The molecular formula is C9H16N4O. The lowest BCUT2D eigenvalue weighted by molar-refractivity contribution is 0.0992. The van der Waals surface area contributed by atoms with Crippen LogP contribution in [0.4, 0.5) is 5.82 Å². The summed E-state index contributed by atoms with van der Waals surface area (Å²) in [5, 5.41) is 0. The molecule has 0 aliphatic carbocycles. The Morgan fingerprint density at radius 2 is 2.29 bits per heavy atom. The molecule has 0 atom stereocenters. The van der Waals surface area contributed by atoms with Crippen molar-refractivity contribution >= 4 is 11.7 Å². The van der Waals surface area contributed by atoms with Gasteiger partial charge < -0.3 is 16.0 Å². The van der Waals surface area contributed by atoms with Crippen molar-refractivity contribution in [1.29, 1.82) is 0 Å². The zero-order valence-electron chi connectivity index (χ0n) is 8.36. The van der Waals surface area contributed by atoms with Crippen LogP contribution in [0.15, 0.2) is 6.33 Å². The number of hydrogen-bond donors (Lipinski definition) is 2. The summed E-state index contributed by atoms with van der Waals surface area (Å²) < 4.78 is 1.72. The molecule has 5 nitrogen and oxygen atoms in total. The van der Waals surface area contributed by atoms with Crippen LogP contribution >= 0.6 is 0 Å². The number of hydrogen-bond acceptors (Lipinski definition) is 3. The van der Waals surface area contributed by atoms with E-state index in [4.69, 9.17) is 11.5 Å². The molecule has 1 aromatic heterocycles. The first-order valence-corrected chi connectivity index (χ1v) is 4.77. The second kappa shape index (κ2) is 4.64. The topological polar surface area (TPSA) is 86.9 Å². The lowest BCUT2D eigenvalue weighted by Gasteiger charge is -2.04. The average Bonchev–Trinajstić information content (AvgIpc) is 2.47. The van der Waals surface area contributed by atoms with Gasteiger partial charge in [0.05, 0.1) is 6.33 Å². The normalized spacial score (nSPS) is 10.4. The summed E-state index contributed by atoms with van der Waals surface area (Å²) in [6, 6.07) is 0. The molecule has 4 N–H and O–H groups in total. The van der Waals surface area contributed by atoms with Crippen molar-refractivity contribution in [3.8, 4) is 0 Å². The van der Waals surface area contributed by atoms with Gasteiger partial charge in [0, 0.05) is 6.54 Å². The zero-order chi connectivity index (χ0) is 10.6. The summed E-state index contributed by atoms with van der Waals surface area (Å²) in [5.41, 5.74) is 11.0. The van der Waals surface area contributed by atoms with Crippen LogP contribution < -0.4 is 11.5 Å². The summed E-state index contributed by atoms with van der Waals surface area (Å²) in [6.07, 6.45) is 4.82. The fourth-order valence-electron chi connectivity index (χ4n) is 1.37. The van der Waals surface area contributed by atoms with Crippen LogP contribution in [0.3, 0.4) is 0 Å². The molecule has 0 fully saturated rings. The Labute approximate surface area is 83.1 Å². The smallest absolute Gasteiger partial charge is 0.269 e. The van der Waals surface area contributed by atoms with E-state index >= 15 is 0 Å². The molecule has 14 heavy (non-hydrogen) atoms. The van der Waals surface area contributed by atoms with Gasteiger partial charge in [-0.05, 0) is 6.42 Å². The van der Waals surface area contributed by atoms with Crippen molar-refractivity contribution in [3.63, 3.8) is 0 Å². The van der Waals surface area contributed by atoms with Gasteiger partial charge in [-0.1, -0.05) is 19.8 Å². The maximum Gasteiger partial charge on any atom is 0.269 e. The fraction of sp³-hybridized carbons (Fsp3) is 0.556. The molecule has 0 spiro atoms. The van der Waals surface area contributed by atoms with E-state index in [2.05, 4.69) is 11.9 Å². The van der Waals surface area contributed by atoms with Crippen LogP contribution in [0.1, 0.15) is 36.7 Å². The van der Waals surface area contributed by atoms with Gasteiger partial charge >= 0.3 is 0 Å². The van der Waals surface area contributed by atoms with Crippen molar-refractivity contribution in [1.82, 2.24) is 9.55 Å². The van der Waals surface area contributed by atoms with Gasteiger partial charge in [-0.15, -0.1) is 0 Å². The molecule has 0 aliphatic rings. The fourth-order valence-corrected chi connectivity index (χ4v) is 1.37. The van der Waals surface area contributed by atoms with E-state index < -0.39 is 5.91 Å². The Bertz CT molecular complexity index is 319. The second-order valence-corrected chi connectivity index (χ2v) is 3.24. The molecule has 0 unspecified atom stereocenters. The molecule has 78 valence electrons. The minimum Gasteiger partial charge on any atom is -0.382 e. The number of nitrogen functional groups attached to an aromatic ring is 1. The third kappa shape index (κ3) is 2.25. The van der Waals surface area contributed by atoms with Crippen LogP contribution in [-0.4, -0.2) is 15.5 Å². The minimum atomic E-state index is -0.517. The number of unbranched alkanes of at least 4 members (excludes halogenated alkanes) is 2. The minimum absolute atomic E-state index is 0.217. The van der Waals surface area contributed by atoms with Crippen LogP contribution in [-0.2, 0) is 6.54 Å². The van der Waals surface area contributed by atoms with E-state index in [1.54, 1.807) is 10.9 Å². The SMILES string of the molecule is CCCCCn1cnc(N)c1C(N)=O. The predicted octanol–water partition coefficient (Wildman–Crippen LogP) is 0.754. The number of aryl methyl sites for hydroxylation is 1. The van der Waals surface area contributed by atoms with Crippen molar-refractivity contribution in [2.45, 2.75) is 32.7 Å². The van der Waals surface area contributed by atoms with Crippen molar-refractivity contribution < 1.29 is 4.79 Å². The molecule has 1 aromatic rings. The number of rotatable bonds is 5. The summed E-state index contributed by atoms with van der Waals surface area (Å²) in [4.78, 5) is 14.9. The summed E-state index contributed by atoms with van der Waals surface area (Å²) in [7, 11) is 0. The first-order valence-electron chi connectivity index (χ1n) is 4.77. The highest BCUT2D eigenvalue weighted by molar-refractivity contribution is 5.95. The number of nitrogens with two attached hydrogens (primary N) is 2. The molecule has 5 heteroatoms. The average molecular weight is 196 g/mol. The number of nitrogens with zero attached hydrogens (tertiary/aromatic N) is 2. The maximum absolute atomic E-state index is 11.0. The number of aromatic nitrogens is 2. The molecule has 1 rings (SSSR count). The van der Waals surface area contributed by atoms with Crippen LogP contribution in [0.2, 0.25) is 0 Å². The van der Waals surface area contributed by atoms with Crippen molar-refractivity contribution in [2.75, 3.05) is 5.73 Å². The first-order chi connectivity index (χ1) is 6.66.